The number of pyridine rings is 1. The van der Waals surface area contributed by atoms with E-state index >= 15 is 0 Å². The van der Waals surface area contributed by atoms with Crippen molar-refractivity contribution in [1.29, 1.82) is 0 Å². The fourth-order valence-corrected chi connectivity index (χ4v) is 2.94. The van der Waals surface area contributed by atoms with Gasteiger partial charge in [-0.15, -0.1) is 24.0 Å². The molecule has 0 aliphatic heterocycles. The molecular weight excluding hydrogens is 491 g/mol. The van der Waals surface area contributed by atoms with Gasteiger partial charge in [-0.25, -0.2) is 9.97 Å². The maximum atomic E-state index is 5.57. The second kappa shape index (κ2) is 12.2. The van der Waals surface area contributed by atoms with Gasteiger partial charge in [-0.2, -0.15) is 0 Å². The average molecular weight is 520 g/mol. The number of nitrogens with zero attached hydrogens (tertiary/aromatic N) is 4. The Morgan fingerprint density at radius 3 is 2.40 bits per heavy atom. The number of hydrogen-bond donors (Lipinski definition) is 2. The van der Waals surface area contributed by atoms with E-state index < -0.39 is 0 Å². The van der Waals surface area contributed by atoms with Gasteiger partial charge >= 0.3 is 0 Å². The summed E-state index contributed by atoms with van der Waals surface area (Å²) in [5.74, 6) is 2.31. The first-order valence-corrected chi connectivity index (χ1v) is 9.87. The Balaban J connectivity index is 0.00000320. The lowest BCUT2D eigenvalue weighted by Crippen LogP contribution is -2.36. The number of guanidine groups is 1. The minimum absolute atomic E-state index is 0. The molecule has 0 bridgehead atoms. The lowest BCUT2D eigenvalue weighted by atomic mass is 10.2. The molecule has 8 heteroatoms. The van der Waals surface area contributed by atoms with E-state index in [4.69, 9.17) is 4.42 Å². The van der Waals surface area contributed by atoms with Gasteiger partial charge in [0.05, 0.1) is 12.2 Å². The predicted molar refractivity (Wildman–Crippen MR) is 132 cm³/mol. The first-order chi connectivity index (χ1) is 14.2. The molecule has 0 unspecified atom stereocenters. The van der Waals surface area contributed by atoms with Crippen molar-refractivity contribution < 1.29 is 4.42 Å². The minimum atomic E-state index is 0. The number of hydrogen-bond acceptors (Lipinski definition) is 5. The molecule has 7 nitrogen and oxygen atoms in total. The first-order valence-electron chi connectivity index (χ1n) is 9.87. The van der Waals surface area contributed by atoms with Crippen LogP contribution in [-0.2, 0) is 13.1 Å². The summed E-state index contributed by atoms with van der Waals surface area (Å²) in [5, 5.41) is 6.55. The Morgan fingerprint density at radius 2 is 1.77 bits per heavy atom. The average Bonchev–Trinajstić information content (AvgIpc) is 3.25. The molecule has 160 valence electrons. The van der Waals surface area contributed by atoms with E-state index in [0.29, 0.717) is 24.9 Å². The van der Waals surface area contributed by atoms with Crippen LogP contribution in [0.4, 0.5) is 5.82 Å². The van der Waals surface area contributed by atoms with Gasteiger partial charge in [0.25, 0.3) is 0 Å². The lowest BCUT2D eigenvalue weighted by Gasteiger charge is -2.19. The normalized spacial score (nSPS) is 11.0. The SMILES string of the molecule is CCN(CC)c1ccc(CNC(=NC)NCc2coc(-c3ccccc3)n2)cn1.I. The number of anilines is 1. The van der Waals surface area contributed by atoms with Crippen LogP contribution in [-0.4, -0.2) is 36.1 Å². The molecule has 0 amide bonds. The molecule has 2 N–H and O–H groups in total. The quantitative estimate of drug-likeness (QED) is 0.265. The Kier molecular flexibility index (Phi) is 9.59. The Hall–Kier alpha value is -2.62. The summed E-state index contributed by atoms with van der Waals surface area (Å²) in [6.07, 6.45) is 3.57. The molecule has 0 atom stereocenters. The van der Waals surface area contributed by atoms with E-state index in [1.54, 1.807) is 13.3 Å². The van der Waals surface area contributed by atoms with Crippen LogP contribution in [0.1, 0.15) is 25.1 Å². The Morgan fingerprint density at radius 1 is 1.03 bits per heavy atom. The molecule has 0 saturated carbocycles. The third kappa shape index (κ3) is 6.45. The van der Waals surface area contributed by atoms with Gasteiger partial charge in [0, 0.05) is 38.4 Å². The van der Waals surface area contributed by atoms with Crippen molar-refractivity contribution in [3.8, 4) is 11.5 Å². The summed E-state index contributed by atoms with van der Waals surface area (Å²) in [4.78, 5) is 15.6. The van der Waals surface area contributed by atoms with E-state index in [1.165, 1.54) is 0 Å². The van der Waals surface area contributed by atoms with Gasteiger partial charge < -0.3 is 20.0 Å². The Labute approximate surface area is 195 Å². The van der Waals surface area contributed by atoms with Crippen LogP contribution in [0, 0.1) is 0 Å². The van der Waals surface area contributed by atoms with Crippen LogP contribution in [0.5, 0.6) is 0 Å². The lowest BCUT2D eigenvalue weighted by molar-refractivity contribution is 0.572. The zero-order chi connectivity index (χ0) is 20.5. The topological polar surface area (TPSA) is 78.6 Å². The Bertz CT molecular complexity index is 907. The third-order valence-corrected chi connectivity index (χ3v) is 4.59. The van der Waals surface area contributed by atoms with Crippen molar-refractivity contribution in [2.24, 2.45) is 4.99 Å². The van der Waals surface area contributed by atoms with E-state index in [9.17, 15) is 0 Å². The minimum Gasteiger partial charge on any atom is -0.444 e. The van der Waals surface area contributed by atoms with Crippen molar-refractivity contribution >= 4 is 35.8 Å². The molecule has 1 aromatic carbocycles. The highest BCUT2D eigenvalue weighted by molar-refractivity contribution is 14.0. The van der Waals surface area contributed by atoms with Crippen LogP contribution in [0.15, 0.2) is 64.3 Å². The number of benzene rings is 1. The van der Waals surface area contributed by atoms with Crippen LogP contribution in [0.3, 0.4) is 0 Å². The van der Waals surface area contributed by atoms with Gasteiger partial charge in [0.15, 0.2) is 5.96 Å². The molecule has 2 aromatic heterocycles. The zero-order valence-corrected chi connectivity index (χ0v) is 20.0. The molecule has 0 spiro atoms. The van der Waals surface area contributed by atoms with E-state index in [-0.39, 0.29) is 24.0 Å². The smallest absolute Gasteiger partial charge is 0.226 e. The van der Waals surface area contributed by atoms with E-state index in [0.717, 1.165) is 35.7 Å². The molecule has 0 aliphatic rings. The van der Waals surface area contributed by atoms with Crippen molar-refractivity contribution in [1.82, 2.24) is 20.6 Å². The van der Waals surface area contributed by atoms with Gasteiger partial charge in [-0.1, -0.05) is 24.3 Å². The summed E-state index contributed by atoms with van der Waals surface area (Å²) in [5.41, 5.74) is 2.87. The van der Waals surface area contributed by atoms with Crippen molar-refractivity contribution in [2.75, 3.05) is 25.0 Å². The molecule has 3 rings (SSSR count). The molecular formula is C22H29IN6O. The van der Waals surface area contributed by atoms with Crippen LogP contribution in [0.25, 0.3) is 11.5 Å². The van der Waals surface area contributed by atoms with Gasteiger partial charge in [-0.3, -0.25) is 4.99 Å². The molecule has 0 saturated heterocycles. The van der Waals surface area contributed by atoms with Gasteiger partial charge in [0.2, 0.25) is 5.89 Å². The van der Waals surface area contributed by atoms with Crippen molar-refractivity contribution in [3.63, 3.8) is 0 Å². The van der Waals surface area contributed by atoms with Gasteiger partial charge in [0.1, 0.15) is 12.1 Å². The summed E-state index contributed by atoms with van der Waals surface area (Å²) in [6.45, 7) is 7.33. The molecule has 3 aromatic rings. The molecule has 0 radical (unpaired) electrons. The number of aromatic nitrogens is 2. The van der Waals surface area contributed by atoms with Gasteiger partial charge in [-0.05, 0) is 37.6 Å². The zero-order valence-electron chi connectivity index (χ0n) is 17.6. The summed E-state index contributed by atoms with van der Waals surface area (Å²) in [6, 6.07) is 14.0. The molecule has 30 heavy (non-hydrogen) atoms. The molecule has 2 heterocycles. The largest absolute Gasteiger partial charge is 0.444 e. The summed E-state index contributed by atoms with van der Waals surface area (Å²) >= 11 is 0. The third-order valence-electron chi connectivity index (χ3n) is 4.59. The number of nitrogens with one attached hydrogen (secondary N) is 2. The highest BCUT2D eigenvalue weighted by atomic mass is 127. The van der Waals surface area contributed by atoms with Crippen molar-refractivity contribution in [2.45, 2.75) is 26.9 Å². The maximum Gasteiger partial charge on any atom is 0.226 e. The predicted octanol–water partition coefficient (Wildman–Crippen LogP) is 4.07. The highest BCUT2D eigenvalue weighted by Crippen LogP contribution is 2.17. The first kappa shape index (κ1) is 23.7. The van der Waals surface area contributed by atoms with E-state index in [1.807, 2.05) is 36.5 Å². The summed E-state index contributed by atoms with van der Waals surface area (Å²) < 4.78 is 5.57. The fraction of sp³-hybridized carbons (Fsp3) is 0.318. The molecule has 0 aliphatic carbocycles. The summed E-state index contributed by atoms with van der Waals surface area (Å²) in [7, 11) is 1.75. The standard InChI is InChI=1S/C22H28N6O.HI/c1-4-28(5-2)20-12-11-17(13-24-20)14-25-22(23-3)26-15-19-16-29-21(27-19)18-9-7-6-8-10-18;/h6-13,16H,4-5,14-15H2,1-3H3,(H2,23,25,26);1H. The number of aliphatic imine (C=N–C) groups is 1. The second-order valence-corrected chi connectivity index (χ2v) is 6.49. The second-order valence-electron chi connectivity index (χ2n) is 6.49. The van der Waals surface area contributed by atoms with Crippen LogP contribution in [0.2, 0.25) is 0 Å². The van der Waals surface area contributed by atoms with Crippen LogP contribution < -0.4 is 15.5 Å². The monoisotopic (exact) mass is 520 g/mol. The molecule has 0 fully saturated rings. The number of oxazole rings is 1. The van der Waals surface area contributed by atoms with Crippen molar-refractivity contribution in [3.05, 3.63) is 66.2 Å². The maximum absolute atomic E-state index is 5.57. The van der Waals surface area contributed by atoms with Crippen LogP contribution >= 0.6 is 24.0 Å². The number of halogens is 1. The number of rotatable bonds is 8. The highest BCUT2D eigenvalue weighted by Gasteiger charge is 2.07. The van der Waals surface area contributed by atoms with E-state index in [2.05, 4.69) is 56.5 Å². The fourth-order valence-electron chi connectivity index (χ4n) is 2.94.